The monoisotopic (exact) mass is 441 g/mol. The first-order chi connectivity index (χ1) is 13.6. The van der Waals surface area contributed by atoms with Crippen molar-refractivity contribution in [3.8, 4) is 11.5 Å². The Hall–Kier alpha value is -2.05. The Balaban J connectivity index is 1.60. The summed E-state index contributed by atoms with van der Waals surface area (Å²) in [5, 5.41) is 7.38. The van der Waals surface area contributed by atoms with Crippen LogP contribution in [0.3, 0.4) is 0 Å². The lowest BCUT2D eigenvalue weighted by molar-refractivity contribution is -0.147. The number of hydrogen-bond acceptors (Lipinski definition) is 5. The van der Waals surface area contributed by atoms with Crippen molar-refractivity contribution >= 4 is 21.6 Å². The molecule has 3 aliphatic heterocycles. The normalized spacial score (nSPS) is 23.0. The van der Waals surface area contributed by atoms with Gasteiger partial charge in [0.15, 0.2) is 0 Å². The van der Waals surface area contributed by atoms with Crippen molar-refractivity contribution in [3.05, 3.63) is 58.1 Å². The van der Waals surface area contributed by atoms with Crippen molar-refractivity contribution in [2.45, 2.75) is 31.0 Å². The Kier molecular flexibility index (Phi) is 4.36. The Morgan fingerprint density at radius 3 is 2.75 bits per heavy atom. The highest BCUT2D eigenvalue weighted by Crippen LogP contribution is 2.50. The number of nitrogens with zero attached hydrogens (tertiary/aromatic N) is 3. The van der Waals surface area contributed by atoms with E-state index in [9.17, 15) is 0 Å². The van der Waals surface area contributed by atoms with E-state index in [1.165, 1.54) is 5.56 Å². The number of rotatable bonds is 2. The molecule has 2 aromatic carbocycles. The van der Waals surface area contributed by atoms with E-state index < -0.39 is 0 Å². The zero-order valence-electron chi connectivity index (χ0n) is 16.2. The van der Waals surface area contributed by atoms with Gasteiger partial charge in [-0.25, -0.2) is 5.01 Å². The first-order valence-corrected chi connectivity index (χ1v) is 10.6. The van der Waals surface area contributed by atoms with Gasteiger partial charge in [-0.1, -0.05) is 28.1 Å². The standard InChI is InChI=1S/C22H24BrN3O2/c1-25-11-9-22(10-12-25)26-19(17-13-15(23)7-8-21(17)28-22)14-18(24-26)16-5-3-4-6-20(16)27-2/h3-8,13,19H,9-12,14H2,1-2H3. The van der Waals surface area contributed by atoms with Gasteiger partial charge in [0.1, 0.15) is 11.5 Å². The predicted molar refractivity (Wildman–Crippen MR) is 113 cm³/mol. The highest BCUT2D eigenvalue weighted by molar-refractivity contribution is 9.10. The molecule has 28 heavy (non-hydrogen) atoms. The Morgan fingerprint density at radius 2 is 1.96 bits per heavy atom. The second kappa shape index (κ2) is 6.78. The molecule has 1 atom stereocenters. The van der Waals surface area contributed by atoms with Crippen LogP contribution in [0.5, 0.6) is 11.5 Å². The maximum absolute atomic E-state index is 6.66. The topological polar surface area (TPSA) is 37.3 Å². The number of fused-ring (bicyclic) bond motifs is 4. The molecular weight excluding hydrogens is 418 g/mol. The largest absolute Gasteiger partial charge is 0.496 e. The van der Waals surface area contributed by atoms with Crippen LogP contribution >= 0.6 is 15.9 Å². The molecule has 0 bridgehead atoms. The molecule has 1 saturated heterocycles. The van der Waals surface area contributed by atoms with Crippen molar-refractivity contribution in [2.75, 3.05) is 27.2 Å². The molecule has 3 aliphatic rings. The minimum absolute atomic E-state index is 0.185. The van der Waals surface area contributed by atoms with E-state index in [2.05, 4.69) is 57.2 Å². The van der Waals surface area contributed by atoms with Gasteiger partial charge >= 0.3 is 0 Å². The van der Waals surface area contributed by atoms with E-state index in [0.29, 0.717) is 0 Å². The summed E-state index contributed by atoms with van der Waals surface area (Å²) in [6.45, 7) is 2.02. The molecule has 5 rings (SSSR count). The number of benzene rings is 2. The molecule has 1 spiro atoms. The number of piperidine rings is 1. The Labute approximate surface area is 174 Å². The van der Waals surface area contributed by atoms with Crippen molar-refractivity contribution in [2.24, 2.45) is 5.10 Å². The molecule has 0 amide bonds. The van der Waals surface area contributed by atoms with Crippen molar-refractivity contribution in [3.63, 3.8) is 0 Å². The van der Waals surface area contributed by atoms with Gasteiger partial charge in [-0.3, -0.25) is 0 Å². The van der Waals surface area contributed by atoms with E-state index in [4.69, 9.17) is 14.6 Å². The molecular formula is C22H24BrN3O2. The molecule has 0 aliphatic carbocycles. The van der Waals surface area contributed by atoms with E-state index in [-0.39, 0.29) is 11.8 Å². The number of methoxy groups -OCH3 is 1. The quantitative estimate of drug-likeness (QED) is 0.690. The van der Waals surface area contributed by atoms with E-state index in [1.807, 2.05) is 18.2 Å². The summed E-state index contributed by atoms with van der Waals surface area (Å²) in [4.78, 5) is 2.36. The molecule has 0 saturated carbocycles. The summed E-state index contributed by atoms with van der Waals surface area (Å²) < 4.78 is 13.3. The molecule has 5 nitrogen and oxygen atoms in total. The van der Waals surface area contributed by atoms with Gasteiger partial charge in [0, 0.05) is 48.0 Å². The van der Waals surface area contributed by atoms with Crippen LogP contribution in [0.4, 0.5) is 0 Å². The Bertz CT molecular complexity index is 937. The lowest BCUT2D eigenvalue weighted by atomic mass is 9.91. The summed E-state index contributed by atoms with van der Waals surface area (Å²) in [5.74, 6) is 1.86. The average molecular weight is 442 g/mol. The fourth-order valence-electron chi connectivity index (χ4n) is 4.60. The maximum atomic E-state index is 6.66. The van der Waals surface area contributed by atoms with Gasteiger partial charge in [0.25, 0.3) is 0 Å². The highest BCUT2D eigenvalue weighted by atomic mass is 79.9. The van der Waals surface area contributed by atoms with Gasteiger partial charge in [0.05, 0.1) is 18.9 Å². The number of para-hydroxylation sites is 1. The van der Waals surface area contributed by atoms with Crippen molar-refractivity contribution in [1.29, 1.82) is 0 Å². The molecule has 146 valence electrons. The number of hydrogen-bond donors (Lipinski definition) is 0. The van der Waals surface area contributed by atoms with Crippen molar-refractivity contribution < 1.29 is 9.47 Å². The number of ether oxygens (including phenoxy) is 2. The zero-order chi connectivity index (χ0) is 19.3. The summed E-state index contributed by atoms with van der Waals surface area (Å²) in [6, 6.07) is 14.7. The van der Waals surface area contributed by atoms with Gasteiger partial charge in [-0.05, 0) is 37.4 Å². The number of hydrazone groups is 1. The second-order valence-electron chi connectivity index (χ2n) is 7.85. The molecule has 1 unspecified atom stereocenters. The number of likely N-dealkylation sites (tertiary alicyclic amines) is 1. The van der Waals surface area contributed by atoms with Gasteiger partial charge in [-0.2, -0.15) is 5.10 Å². The third-order valence-corrected chi connectivity index (χ3v) is 6.64. The molecule has 0 N–H and O–H groups in total. The van der Waals surface area contributed by atoms with Gasteiger partial charge < -0.3 is 14.4 Å². The van der Waals surface area contributed by atoms with E-state index >= 15 is 0 Å². The molecule has 0 aromatic heterocycles. The third-order valence-electron chi connectivity index (χ3n) is 6.14. The van der Waals surface area contributed by atoms with Crippen LogP contribution in [0, 0.1) is 0 Å². The fourth-order valence-corrected chi connectivity index (χ4v) is 4.98. The maximum Gasteiger partial charge on any atom is 0.200 e. The van der Waals surface area contributed by atoms with Crippen LogP contribution in [-0.2, 0) is 0 Å². The fraction of sp³-hybridized carbons (Fsp3) is 0.409. The van der Waals surface area contributed by atoms with Gasteiger partial charge in [-0.15, -0.1) is 0 Å². The second-order valence-corrected chi connectivity index (χ2v) is 8.76. The first kappa shape index (κ1) is 18.0. The molecule has 1 fully saturated rings. The lowest BCUT2D eigenvalue weighted by Gasteiger charge is -2.50. The number of halogens is 1. The first-order valence-electron chi connectivity index (χ1n) is 9.77. The SMILES string of the molecule is COc1ccccc1C1=NN2C(C1)c1cc(Br)ccc1OC21CCN(C)CC1. The third kappa shape index (κ3) is 2.81. The predicted octanol–water partition coefficient (Wildman–Crippen LogP) is 4.42. The zero-order valence-corrected chi connectivity index (χ0v) is 17.8. The minimum Gasteiger partial charge on any atom is -0.496 e. The lowest BCUT2D eigenvalue weighted by Crippen LogP contribution is -2.58. The summed E-state index contributed by atoms with van der Waals surface area (Å²) in [5.41, 5.74) is 2.96. The van der Waals surface area contributed by atoms with Crippen LogP contribution in [-0.4, -0.2) is 48.6 Å². The molecule has 2 aromatic rings. The molecule has 0 radical (unpaired) electrons. The van der Waals surface area contributed by atoms with Crippen LogP contribution < -0.4 is 9.47 Å². The van der Waals surface area contributed by atoms with Crippen LogP contribution in [0.1, 0.15) is 36.4 Å². The van der Waals surface area contributed by atoms with Crippen LogP contribution in [0.15, 0.2) is 52.0 Å². The smallest absolute Gasteiger partial charge is 0.200 e. The Morgan fingerprint density at radius 1 is 1.18 bits per heavy atom. The van der Waals surface area contributed by atoms with Crippen LogP contribution in [0.2, 0.25) is 0 Å². The van der Waals surface area contributed by atoms with E-state index in [0.717, 1.165) is 59.6 Å². The van der Waals surface area contributed by atoms with Crippen LogP contribution in [0.25, 0.3) is 0 Å². The van der Waals surface area contributed by atoms with Gasteiger partial charge in [0.2, 0.25) is 5.72 Å². The summed E-state index contributed by atoms with van der Waals surface area (Å²) >= 11 is 3.63. The highest BCUT2D eigenvalue weighted by Gasteiger charge is 2.51. The average Bonchev–Trinajstić information content (AvgIpc) is 3.17. The van der Waals surface area contributed by atoms with E-state index in [1.54, 1.807) is 7.11 Å². The summed E-state index contributed by atoms with van der Waals surface area (Å²) in [6.07, 6.45) is 2.74. The minimum atomic E-state index is -0.373. The molecule has 6 heteroatoms. The summed E-state index contributed by atoms with van der Waals surface area (Å²) in [7, 11) is 3.89. The molecule has 3 heterocycles. The van der Waals surface area contributed by atoms with Crippen molar-refractivity contribution in [1.82, 2.24) is 9.91 Å².